The van der Waals surface area contributed by atoms with E-state index in [1.165, 1.54) is 12.1 Å². The van der Waals surface area contributed by atoms with E-state index in [4.69, 9.17) is 0 Å². The average molecular weight is 284 g/mol. The molecule has 0 aliphatic carbocycles. The van der Waals surface area contributed by atoms with Gasteiger partial charge in [-0.05, 0) is 36.2 Å². The minimum Gasteiger partial charge on any atom is -0.476 e. The van der Waals surface area contributed by atoms with Crippen molar-refractivity contribution < 1.29 is 14.3 Å². The van der Waals surface area contributed by atoms with Crippen LogP contribution in [0.5, 0.6) is 0 Å². The summed E-state index contributed by atoms with van der Waals surface area (Å²) in [5.41, 5.74) is 2.54. The van der Waals surface area contributed by atoms with Crippen LogP contribution in [0.4, 0.5) is 4.39 Å². The highest BCUT2D eigenvalue weighted by molar-refractivity contribution is 6.02. The molecule has 0 unspecified atom stereocenters. The fraction of sp³-hybridized carbons (Fsp3) is 0.125. The zero-order chi connectivity index (χ0) is 15.0. The Morgan fingerprint density at radius 3 is 2.62 bits per heavy atom. The molecule has 0 saturated carbocycles. The molecule has 0 spiro atoms. The number of aromatic carboxylic acids is 1. The van der Waals surface area contributed by atoms with Crippen LogP contribution in [0.3, 0.4) is 0 Å². The second kappa shape index (κ2) is 5.01. The normalized spacial score (nSPS) is 11.0. The van der Waals surface area contributed by atoms with Gasteiger partial charge in [0, 0.05) is 5.39 Å². The lowest BCUT2D eigenvalue weighted by Crippen LogP contribution is -2.04. The second-order valence-corrected chi connectivity index (χ2v) is 4.91. The van der Waals surface area contributed by atoms with Gasteiger partial charge in [-0.3, -0.25) is 4.68 Å². The Kier molecular flexibility index (Phi) is 3.17. The summed E-state index contributed by atoms with van der Waals surface area (Å²) in [5, 5.41) is 14.1. The Morgan fingerprint density at radius 2 is 1.95 bits per heavy atom. The topological polar surface area (TPSA) is 55.1 Å². The lowest BCUT2D eigenvalue weighted by Gasteiger charge is -2.04. The van der Waals surface area contributed by atoms with Crippen molar-refractivity contribution in [3.63, 3.8) is 0 Å². The molecule has 0 aliphatic rings. The van der Waals surface area contributed by atoms with Crippen LogP contribution in [0, 0.1) is 12.7 Å². The Balaban J connectivity index is 2.12. The summed E-state index contributed by atoms with van der Waals surface area (Å²) < 4.78 is 14.6. The standard InChI is InChI=1S/C16H13FN2O2/c1-10-3-2-4-13-14(10)15(16(20)21)18-19(13)9-11-5-7-12(17)8-6-11/h2-8H,9H2,1H3,(H,20,21). The van der Waals surface area contributed by atoms with E-state index in [2.05, 4.69) is 5.10 Å². The lowest BCUT2D eigenvalue weighted by molar-refractivity contribution is 0.0691. The van der Waals surface area contributed by atoms with Crippen LogP contribution >= 0.6 is 0 Å². The van der Waals surface area contributed by atoms with Crippen LogP contribution in [0.15, 0.2) is 42.5 Å². The molecular formula is C16H13FN2O2. The van der Waals surface area contributed by atoms with Crippen molar-refractivity contribution >= 4 is 16.9 Å². The first-order valence-corrected chi connectivity index (χ1v) is 6.50. The van der Waals surface area contributed by atoms with E-state index in [-0.39, 0.29) is 11.5 Å². The maximum atomic E-state index is 12.9. The number of carbonyl (C=O) groups is 1. The molecular weight excluding hydrogens is 271 g/mol. The molecule has 0 radical (unpaired) electrons. The highest BCUT2D eigenvalue weighted by atomic mass is 19.1. The monoisotopic (exact) mass is 284 g/mol. The minimum absolute atomic E-state index is 0.0465. The number of aromatic nitrogens is 2. The van der Waals surface area contributed by atoms with Gasteiger partial charge in [0.25, 0.3) is 0 Å². The molecule has 3 aromatic rings. The van der Waals surface area contributed by atoms with E-state index < -0.39 is 5.97 Å². The quantitative estimate of drug-likeness (QED) is 0.803. The Labute approximate surface area is 120 Å². The molecule has 0 aliphatic heterocycles. The van der Waals surface area contributed by atoms with Crippen molar-refractivity contribution in [3.05, 3.63) is 65.1 Å². The number of aryl methyl sites for hydroxylation is 1. The van der Waals surface area contributed by atoms with Gasteiger partial charge in [0.05, 0.1) is 12.1 Å². The van der Waals surface area contributed by atoms with Gasteiger partial charge < -0.3 is 5.11 Å². The number of nitrogens with zero attached hydrogens (tertiary/aromatic N) is 2. The number of halogens is 1. The van der Waals surface area contributed by atoms with Gasteiger partial charge in [-0.15, -0.1) is 0 Å². The number of fused-ring (bicyclic) bond motifs is 1. The van der Waals surface area contributed by atoms with Gasteiger partial charge >= 0.3 is 5.97 Å². The highest BCUT2D eigenvalue weighted by Gasteiger charge is 2.17. The molecule has 0 bridgehead atoms. The van der Waals surface area contributed by atoms with Crippen molar-refractivity contribution in [2.75, 3.05) is 0 Å². The molecule has 2 aromatic carbocycles. The first-order chi connectivity index (χ1) is 10.1. The molecule has 106 valence electrons. The van der Waals surface area contributed by atoms with E-state index in [0.717, 1.165) is 16.6 Å². The summed E-state index contributed by atoms with van der Waals surface area (Å²) in [6.07, 6.45) is 0. The molecule has 1 heterocycles. The zero-order valence-corrected chi connectivity index (χ0v) is 11.4. The smallest absolute Gasteiger partial charge is 0.357 e. The van der Waals surface area contributed by atoms with Gasteiger partial charge in [-0.25, -0.2) is 9.18 Å². The van der Waals surface area contributed by atoms with Crippen LogP contribution < -0.4 is 0 Å². The fourth-order valence-electron chi connectivity index (χ4n) is 2.43. The predicted molar refractivity (Wildman–Crippen MR) is 76.9 cm³/mol. The van der Waals surface area contributed by atoms with E-state index in [0.29, 0.717) is 11.9 Å². The molecule has 21 heavy (non-hydrogen) atoms. The van der Waals surface area contributed by atoms with Crippen molar-refractivity contribution in [3.8, 4) is 0 Å². The Morgan fingerprint density at radius 1 is 1.24 bits per heavy atom. The van der Waals surface area contributed by atoms with E-state index in [1.54, 1.807) is 16.8 Å². The molecule has 1 N–H and O–H groups in total. The molecule has 0 amide bonds. The SMILES string of the molecule is Cc1cccc2c1c(C(=O)O)nn2Cc1ccc(F)cc1. The van der Waals surface area contributed by atoms with Gasteiger partial charge in [0.2, 0.25) is 0 Å². The van der Waals surface area contributed by atoms with E-state index in [1.807, 2.05) is 25.1 Å². The maximum Gasteiger partial charge on any atom is 0.357 e. The summed E-state index contributed by atoms with van der Waals surface area (Å²) in [6.45, 7) is 2.26. The molecule has 5 heteroatoms. The number of hydrogen-bond acceptors (Lipinski definition) is 2. The average Bonchev–Trinajstić information content (AvgIpc) is 2.82. The van der Waals surface area contributed by atoms with Crippen molar-refractivity contribution in [2.24, 2.45) is 0 Å². The molecule has 0 atom stereocenters. The van der Waals surface area contributed by atoms with Crippen LogP contribution in [0.25, 0.3) is 10.9 Å². The van der Waals surface area contributed by atoms with Crippen molar-refractivity contribution in [1.29, 1.82) is 0 Å². The van der Waals surface area contributed by atoms with Crippen LogP contribution in [-0.2, 0) is 6.54 Å². The maximum absolute atomic E-state index is 12.9. The Bertz CT molecular complexity index is 822. The summed E-state index contributed by atoms with van der Waals surface area (Å²) in [4.78, 5) is 11.4. The van der Waals surface area contributed by atoms with Gasteiger partial charge in [0.1, 0.15) is 5.82 Å². The number of carboxylic acid groups (broad SMARTS) is 1. The van der Waals surface area contributed by atoms with Gasteiger partial charge in [0.15, 0.2) is 5.69 Å². The number of benzene rings is 2. The Hall–Kier alpha value is -2.69. The molecule has 0 saturated heterocycles. The first-order valence-electron chi connectivity index (χ1n) is 6.50. The second-order valence-electron chi connectivity index (χ2n) is 4.91. The summed E-state index contributed by atoms with van der Waals surface area (Å²) >= 11 is 0. The van der Waals surface area contributed by atoms with Crippen LogP contribution in [0.2, 0.25) is 0 Å². The molecule has 1 aromatic heterocycles. The summed E-state index contributed by atoms with van der Waals surface area (Å²) in [7, 11) is 0. The highest BCUT2D eigenvalue weighted by Crippen LogP contribution is 2.23. The van der Waals surface area contributed by atoms with Gasteiger partial charge in [-0.2, -0.15) is 5.10 Å². The van der Waals surface area contributed by atoms with Gasteiger partial charge in [-0.1, -0.05) is 24.3 Å². The van der Waals surface area contributed by atoms with E-state index in [9.17, 15) is 14.3 Å². The third-order valence-corrected chi connectivity index (χ3v) is 3.43. The van der Waals surface area contributed by atoms with Crippen LogP contribution in [-0.4, -0.2) is 20.9 Å². The minimum atomic E-state index is -1.05. The molecule has 3 rings (SSSR count). The third-order valence-electron chi connectivity index (χ3n) is 3.43. The first kappa shape index (κ1) is 13.3. The lowest BCUT2D eigenvalue weighted by atomic mass is 10.1. The third kappa shape index (κ3) is 2.38. The largest absolute Gasteiger partial charge is 0.476 e. The molecule has 0 fully saturated rings. The number of rotatable bonds is 3. The molecule has 4 nitrogen and oxygen atoms in total. The summed E-state index contributed by atoms with van der Waals surface area (Å²) in [6, 6.07) is 11.7. The van der Waals surface area contributed by atoms with Crippen molar-refractivity contribution in [2.45, 2.75) is 13.5 Å². The summed E-state index contributed by atoms with van der Waals surface area (Å²) in [5.74, 6) is -1.35. The van der Waals surface area contributed by atoms with Crippen molar-refractivity contribution in [1.82, 2.24) is 9.78 Å². The predicted octanol–water partition coefficient (Wildman–Crippen LogP) is 3.23. The fourth-order valence-corrected chi connectivity index (χ4v) is 2.43. The number of carboxylic acids is 1. The van der Waals surface area contributed by atoms with Crippen LogP contribution in [0.1, 0.15) is 21.6 Å². The number of hydrogen-bond donors (Lipinski definition) is 1. The zero-order valence-electron chi connectivity index (χ0n) is 11.4. The van der Waals surface area contributed by atoms with E-state index >= 15 is 0 Å².